The third kappa shape index (κ3) is 3.60. The van der Waals surface area contributed by atoms with Gasteiger partial charge in [0.05, 0.1) is 13.7 Å². The molecule has 3 nitrogen and oxygen atoms in total. The van der Waals surface area contributed by atoms with E-state index in [0.717, 1.165) is 0 Å². The lowest BCUT2D eigenvalue weighted by molar-refractivity contribution is 0.292. The third-order valence-corrected chi connectivity index (χ3v) is 1.13. The molecule has 11 heavy (non-hydrogen) atoms. The number of halogens is 1. The Morgan fingerprint density at radius 1 is 1.82 bits per heavy atom. The fraction of sp³-hybridized carbons (Fsp3) is 0.571. The number of alkyl halides is 1. The van der Waals surface area contributed by atoms with E-state index in [-0.39, 0.29) is 6.54 Å². The monoisotopic (exact) mass is 160 g/mol. The predicted molar refractivity (Wildman–Crippen MR) is 43.2 cm³/mol. The third-order valence-electron chi connectivity index (χ3n) is 1.13. The largest absolute Gasteiger partial charge is 0.468 e. The van der Waals surface area contributed by atoms with Gasteiger partial charge in [-0.3, -0.25) is 0 Å². The van der Waals surface area contributed by atoms with Crippen LogP contribution in [0.25, 0.3) is 0 Å². The summed E-state index contributed by atoms with van der Waals surface area (Å²) in [7, 11) is 3.18. The first kappa shape index (κ1) is 9.94. The zero-order valence-electron chi connectivity index (χ0n) is 6.88. The number of amidine groups is 1. The van der Waals surface area contributed by atoms with Gasteiger partial charge < -0.3 is 9.64 Å². The van der Waals surface area contributed by atoms with E-state index in [0.29, 0.717) is 6.02 Å². The molecule has 0 aromatic rings. The maximum absolute atomic E-state index is 11.8. The van der Waals surface area contributed by atoms with Crippen LogP contribution in [0.2, 0.25) is 0 Å². The van der Waals surface area contributed by atoms with Gasteiger partial charge in [0.25, 0.3) is 6.02 Å². The summed E-state index contributed by atoms with van der Waals surface area (Å²) in [5.41, 5.74) is 0. The van der Waals surface area contributed by atoms with Crippen molar-refractivity contribution < 1.29 is 9.13 Å². The van der Waals surface area contributed by atoms with Crippen LogP contribution in [0.4, 0.5) is 4.39 Å². The molecule has 0 spiro atoms. The molecule has 0 rings (SSSR count). The van der Waals surface area contributed by atoms with Gasteiger partial charge in [-0.15, -0.1) is 0 Å². The number of rotatable bonds is 3. The van der Waals surface area contributed by atoms with Gasteiger partial charge in [-0.25, -0.2) is 9.38 Å². The van der Waals surface area contributed by atoms with Crippen LogP contribution in [0.1, 0.15) is 0 Å². The van der Waals surface area contributed by atoms with Gasteiger partial charge in [0.2, 0.25) is 0 Å². The van der Waals surface area contributed by atoms with Crippen LogP contribution in [0.15, 0.2) is 17.8 Å². The van der Waals surface area contributed by atoms with Crippen LogP contribution in [-0.2, 0) is 4.74 Å². The molecule has 0 saturated heterocycles. The number of hydrogen-bond acceptors (Lipinski definition) is 2. The van der Waals surface area contributed by atoms with E-state index in [1.54, 1.807) is 11.9 Å². The van der Waals surface area contributed by atoms with Crippen LogP contribution in [0.5, 0.6) is 0 Å². The van der Waals surface area contributed by atoms with Crippen LogP contribution >= 0.6 is 0 Å². The summed E-state index contributed by atoms with van der Waals surface area (Å²) in [6.45, 7) is 3.26. The van der Waals surface area contributed by atoms with E-state index >= 15 is 0 Å². The smallest absolute Gasteiger partial charge is 0.291 e. The summed E-state index contributed by atoms with van der Waals surface area (Å²) < 4.78 is 16.6. The molecule has 0 unspecified atom stereocenters. The van der Waals surface area contributed by atoms with Gasteiger partial charge in [0.15, 0.2) is 0 Å². The summed E-state index contributed by atoms with van der Waals surface area (Å²) >= 11 is 0. The van der Waals surface area contributed by atoms with E-state index in [9.17, 15) is 4.39 Å². The Morgan fingerprint density at radius 2 is 2.45 bits per heavy atom. The first-order valence-corrected chi connectivity index (χ1v) is 3.26. The Kier molecular flexibility index (Phi) is 5.15. The molecule has 0 aliphatic heterocycles. The predicted octanol–water partition coefficient (Wildman–Crippen LogP) is 1.03. The quantitative estimate of drug-likeness (QED) is 0.455. The average Bonchev–Trinajstić information content (AvgIpc) is 2.00. The second-order valence-corrected chi connectivity index (χ2v) is 1.91. The Hall–Kier alpha value is -1.06. The minimum Gasteiger partial charge on any atom is -0.468 e. The van der Waals surface area contributed by atoms with Gasteiger partial charge in [0.1, 0.15) is 6.67 Å². The van der Waals surface area contributed by atoms with Gasteiger partial charge >= 0.3 is 0 Å². The van der Waals surface area contributed by atoms with Crippen LogP contribution in [0, 0.1) is 0 Å². The van der Waals surface area contributed by atoms with E-state index in [1.807, 2.05) is 0 Å². The van der Waals surface area contributed by atoms with Crippen molar-refractivity contribution in [2.24, 2.45) is 4.99 Å². The molecule has 0 bridgehead atoms. The lowest BCUT2D eigenvalue weighted by Crippen LogP contribution is -2.29. The van der Waals surface area contributed by atoms with Gasteiger partial charge in [-0.05, 0) is 0 Å². The van der Waals surface area contributed by atoms with Crippen LogP contribution in [-0.4, -0.2) is 38.3 Å². The van der Waals surface area contributed by atoms with Crippen LogP contribution < -0.4 is 0 Å². The average molecular weight is 160 g/mol. The zero-order chi connectivity index (χ0) is 8.69. The maximum atomic E-state index is 11.8. The van der Waals surface area contributed by atoms with Gasteiger partial charge in [-0.2, -0.15) is 0 Å². The number of hydrogen-bond donors (Lipinski definition) is 0. The molecule has 4 heteroatoms. The first-order valence-electron chi connectivity index (χ1n) is 3.26. The number of methoxy groups -OCH3 is 1. The van der Waals surface area contributed by atoms with Crippen LogP contribution in [0.3, 0.4) is 0 Å². The fourth-order valence-corrected chi connectivity index (χ4v) is 0.608. The number of aliphatic imine (C=N–C) groups is 1. The van der Waals surface area contributed by atoms with Crippen molar-refractivity contribution in [1.82, 2.24) is 4.90 Å². The fourth-order valence-electron chi connectivity index (χ4n) is 0.608. The van der Waals surface area contributed by atoms with Crippen molar-refractivity contribution in [2.45, 2.75) is 0 Å². The Balaban J connectivity index is 4.01. The highest BCUT2D eigenvalue weighted by atomic mass is 19.1. The van der Waals surface area contributed by atoms with Crippen molar-refractivity contribution in [1.29, 1.82) is 0 Å². The van der Waals surface area contributed by atoms with E-state index in [1.165, 1.54) is 13.3 Å². The van der Waals surface area contributed by atoms with E-state index in [4.69, 9.17) is 4.74 Å². The second-order valence-electron chi connectivity index (χ2n) is 1.91. The maximum Gasteiger partial charge on any atom is 0.291 e. The molecule has 0 amide bonds. The van der Waals surface area contributed by atoms with Gasteiger partial charge in [0, 0.05) is 13.2 Å². The summed E-state index contributed by atoms with van der Waals surface area (Å²) in [6, 6.07) is 0.373. The molecule has 0 aliphatic carbocycles. The summed E-state index contributed by atoms with van der Waals surface area (Å²) in [5, 5.41) is 0. The molecule has 0 fully saturated rings. The van der Waals surface area contributed by atoms with Crippen molar-refractivity contribution in [2.75, 3.05) is 27.4 Å². The molecule has 0 aliphatic rings. The summed E-state index contributed by atoms with van der Waals surface area (Å²) in [4.78, 5) is 5.35. The normalized spacial score (nSPS) is 11.0. The topological polar surface area (TPSA) is 24.8 Å². The Bertz CT molecular complexity index is 147. The molecular weight excluding hydrogens is 147 g/mol. The highest BCUT2D eigenvalue weighted by molar-refractivity contribution is 5.73. The highest BCUT2D eigenvalue weighted by Gasteiger charge is 2.03. The molecular formula is C7H13FN2O. The molecule has 0 aromatic carbocycles. The Labute approximate surface area is 66.2 Å². The van der Waals surface area contributed by atoms with Gasteiger partial charge in [-0.1, -0.05) is 6.58 Å². The molecule has 0 aromatic heterocycles. The lowest BCUT2D eigenvalue weighted by Gasteiger charge is -2.16. The molecule has 0 N–H and O–H groups in total. The summed E-state index contributed by atoms with van der Waals surface area (Å²) in [6.07, 6.45) is 1.35. The second kappa shape index (κ2) is 5.70. The highest BCUT2D eigenvalue weighted by Crippen LogP contribution is 1.89. The zero-order valence-corrected chi connectivity index (χ0v) is 6.88. The molecule has 0 radical (unpaired) electrons. The van der Waals surface area contributed by atoms with Crippen molar-refractivity contribution in [3.05, 3.63) is 12.8 Å². The molecule has 0 heterocycles. The summed E-state index contributed by atoms with van der Waals surface area (Å²) in [5.74, 6) is 0. The first-order chi connectivity index (χ1) is 5.26. The van der Waals surface area contributed by atoms with E-state index in [2.05, 4.69) is 11.6 Å². The SMILES string of the molecule is C=CN=C(OC)N(C)CCF. The molecule has 64 valence electrons. The van der Waals surface area contributed by atoms with E-state index < -0.39 is 6.67 Å². The number of nitrogens with zero attached hydrogens (tertiary/aromatic N) is 2. The standard InChI is InChI=1S/C7H13FN2O/c1-4-9-7(11-3)10(2)6-5-8/h4H,1,5-6H2,2-3H3. The molecule has 0 saturated carbocycles. The Morgan fingerprint density at radius 3 is 2.82 bits per heavy atom. The lowest BCUT2D eigenvalue weighted by atomic mass is 10.6. The van der Waals surface area contributed by atoms with Crippen molar-refractivity contribution >= 4 is 6.02 Å². The number of ether oxygens (including phenoxy) is 1. The minimum absolute atomic E-state index is 0.278. The molecule has 0 atom stereocenters. The van der Waals surface area contributed by atoms with Crippen molar-refractivity contribution in [3.8, 4) is 0 Å². The minimum atomic E-state index is -0.421. The van der Waals surface area contributed by atoms with Crippen molar-refractivity contribution in [3.63, 3.8) is 0 Å².